The number of para-hydroxylation sites is 2. The fraction of sp³-hybridized carbons (Fsp3) is 0.0725. The molecule has 0 aliphatic heterocycles. The van der Waals surface area contributed by atoms with Crippen molar-refractivity contribution in [3.05, 3.63) is 576 Å². The number of anilines is 10. The number of ether oxygens (including phenoxy) is 2. The molecule has 0 heterocycles. The second-order valence-corrected chi connectivity index (χ2v) is 38.9. The lowest BCUT2D eigenvalue weighted by Crippen LogP contribution is -2.26. The number of methoxy groups -OCH3 is 2. The standard InChI is InChI=1S/C38H34N4.C38H32N2.C34H28N2.C28H28N2O2/c1-38(27-17-15-26(16-18-27)25-9-3-2-4-10-25,28-19-21-36(41)32(23-28)30-11-5-7-13-34(30)39)29-20-22-37(42)33(24-29)31-12-6-8-14-35(31)40;1-38(31-19-17-28(18-20-31)27-11-5-2-6-12-27,32-21-23-36(39)34(25-32)29-13-7-3-8-14-29)33-22-24-37(40)35(26-33)30-15-9-4-10-16-30;1-34(30-15-9-27-21-32(35)17-11-25(27)19-30,31-16-10-28-22-33(36)18-12-26(28)20-31)29-13-7-24(8-14-29)23-5-3-2-4-6-23;1-28(22-13-15-24(29)26(17-22)31-2,23-14-16-25(30)27(18-23)32-3)21-11-9-20(10-12-21)19-7-5-4-6-8-19/h2-24H,39-42H2,1H3;2-26H,39-40H2,1H3;2-22H,35-36H2,1H3;4-18H,29-30H2,1-3H3. The third kappa shape index (κ3) is 20.5. The van der Waals surface area contributed by atoms with Crippen LogP contribution >= 0.6 is 0 Å². The molecule has 22 rings (SSSR count). The molecule has 22 aromatic carbocycles. The topological polar surface area (TPSA) is 279 Å². The van der Waals surface area contributed by atoms with Gasteiger partial charge in [-0.1, -0.05) is 388 Å². The van der Waals surface area contributed by atoms with Crippen molar-refractivity contribution in [1.82, 2.24) is 0 Å². The van der Waals surface area contributed by atoms with Crippen LogP contribution in [-0.2, 0) is 21.7 Å². The molecule has 0 aliphatic carbocycles. The van der Waals surface area contributed by atoms with Crippen molar-refractivity contribution in [2.75, 3.05) is 71.6 Å². The molecule has 20 N–H and O–H groups in total. The van der Waals surface area contributed by atoms with Gasteiger partial charge < -0.3 is 66.8 Å². The van der Waals surface area contributed by atoms with Crippen molar-refractivity contribution in [2.45, 2.75) is 49.4 Å². The lowest BCUT2D eigenvalue weighted by Gasteiger charge is -2.33. The van der Waals surface area contributed by atoms with E-state index in [2.05, 4.69) is 373 Å². The van der Waals surface area contributed by atoms with Crippen molar-refractivity contribution in [3.63, 3.8) is 0 Å². The summed E-state index contributed by atoms with van der Waals surface area (Å²) in [6.45, 7) is 9.06. The van der Waals surface area contributed by atoms with E-state index in [1.165, 1.54) is 72.0 Å². The number of fused-ring (bicyclic) bond motifs is 2. The minimum absolute atomic E-state index is 0.361. The van der Waals surface area contributed by atoms with E-state index in [-0.39, 0.29) is 5.41 Å². The highest BCUT2D eigenvalue weighted by molar-refractivity contribution is 5.92. The van der Waals surface area contributed by atoms with Gasteiger partial charge in [0, 0.05) is 101 Å². The van der Waals surface area contributed by atoms with E-state index >= 15 is 0 Å². The molecule has 0 amide bonds. The third-order valence-corrected chi connectivity index (χ3v) is 30.0. The summed E-state index contributed by atoms with van der Waals surface area (Å²) in [4.78, 5) is 0. The second-order valence-electron chi connectivity index (χ2n) is 38.9. The summed E-state index contributed by atoms with van der Waals surface area (Å²) in [5, 5.41) is 4.66. The monoisotopic (exact) mass is 1950 g/mol. The van der Waals surface area contributed by atoms with Crippen LogP contribution < -0.4 is 66.8 Å². The van der Waals surface area contributed by atoms with E-state index in [1.54, 1.807) is 14.2 Å². The number of rotatable bonds is 22. The minimum atomic E-state index is -0.562. The average Bonchev–Trinajstić information content (AvgIpc) is 0.757. The third-order valence-electron chi connectivity index (χ3n) is 30.0. The zero-order valence-corrected chi connectivity index (χ0v) is 85.1. The Balaban J connectivity index is 0.000000126. The van der Waals surface area contributed by atoms with Crippen molar-refractivity contribution < 1.29 is 9.47 Å². The number of nitrogens with two attached hydrogens (primary N) is 10. The van der Waals surface area contributed by atoms with Gasteiger partial charge in [0.15, 0.2) is 0 Å². The van der Waals surface area contributed by atoms with E-state index in [0.29, 0.717) is 45.6 Å². The maximum Gasteiger partial charge on any atom is 0.142 e. The van der Waals surface area contributed by atoms with E-state index in [9.17, 15) is 0 Å². The van der Waals surface area contributed by atoms with Gasteiger partial charge in [-0.05, 0) is 293 Å². The Morgan fingerprint density at radius 2 is 0.327 bits per heavy atom. The van der Waals surface area contributed by atoms with Gasteiger partial charge in [0.2, 0.25) is 0 Å². The Morgan fingerprint density at radius 3 is 0.593 bits per heavy atom. The summed E-state index contributed by atoms with van der Waals surface area (Å²) in [5.41, 5.74) is 99.6. The molecule has 0 aromatic heterocycles. The minimum Gasteiger partial charge on any atom is -0.495 e. The predicted octanol–water partition coefficient (Wildman–Crippen LogP) is 31.6. The number of hydrogen-bond donors (Lipinski definition) is 10. The van der Waals surface area contributed by atoms with Gasteiger partial charge in [-0.15, -0.1) is 0 Å². The fourth-order valence-corrected chi connectivity index (χ4v) is 20.9. The first-order valence-corrected chi connectivity index (χ1v) is 50.4. The molecule has 0 unspecified atom stereocenters. The first kappa shape index (κ1) is 99.7. The van der Waals surface area contributed by atoms with E-state index < -0.39 is 16.2 Å². The Bertz CT molecular complexity index is 8210. The summed E-state index contributed by atoms with van der Waals surface area (Å²) >= 11 is 0. The smallest absolute Gasteiger partial charge is 0.142 e. The van der Waals surface area contributed by atoms with Crippen LogP contribution in [0.1, 0.15) is 94.5 Å². The van der Waals surface area contributed by atoms with Crippen molar-refractivity contribution in [2.24, 2.45) is 0 Å². The fourth-order valence-electron chi connectivity index (χ4n) is 20.9. The van der Waals surface area contributed by atoms with Crippen LogP contribution in [0.15, 0.2) is 510 Å². The van der Waals surface area contributed by atoms with E-state index in [0.717, 1.165) is 128 Å². The second kappa shape index (κ2) is 43.5. The quantitative estimate of drug-likeness (QED) is 0.0224. The molecule has 0 spiro atoms. The first-order valence-electron chi connectivity index (χ1n) is 50.4. The Morgan fingerprint density at radius 1 is 0.140 bits per heavy atom. The lowest BCUT2D eigenvalue weighted by atomic mass is 9.69. The van der Waals surface area contributed by atoms with E-state index in [4.69, 9.17) is 66.8 Å². The summed E-state index contributed by atoms with van der Waals surface area (Å²) < 4.78 is 11.0. The van der Waals surface area contributed by atoms with Crippen LogP contribution in [0, 0.1) is 0 Å². The summed E-state index contributed by atoms with van der Waals surface area (Å²) in [5.74, 6) is 1.30. The molecule has 12 heteroatoms. The molecule has 0 saturated carbocycles. The van der Waals surface area contributed by atoms with Gasteiger partial charge in [-0.25, -0.2) is 0 Å². The maximum absolute atomic E-state index is 6.55. The van der Waals surface area contributed by atoms with Crippen LogP contribution in [0.4, 0.5) is 56.9 Å². The molecular formula is C138H122N10O2. The highest BCUT2D eigenvalue weighted by Crippen LogP contribution is 2.51. The Hall–Kier alpha value is -19.0. The molecule has 0 atom stereocenters. The van der Waals surface area contributed by atoms with Crippen LogP contribution in [0.2, 0.25) is 0 Å². The highest BCUT2D eigenvalue weighted by atomic mass is 16.5. The Labute approximate surface area is 879 Å². The summed E-state index contributed by atoms with van der Waals surface area (Å²) in [6, 6.07) is 176. The number of hydrogen-bond acceptors (Lipinski definition) is 12. The first-order chi connectivity index (χ1) is 72.9. The molecule has 0 aliphatic rings. The molecular weight excluding hydrogens is 1830 g/mol. The zero-order chi connectivity index (χ0) is 104. The van der Waals surface area contributed by atoms with Crippen molar-refractivity contribution in [1.29, 1.82) is 0 Å². The molecule has 0 radical (unpaired) electrons. The van der Waals surface area contributed by atoms with Gasteiger partial charge >= 0.3 is 0 Å². The summed E-state index contributed by atoms with van der Waals surface area (Å²) in [7, 11) is 3.27. The highest BCUT2D eigenvalue weighted by Gasteiger charge is 2.38. The van der Waals surface area contributed by atoms with Gasteiger partial charge in [0.05, 0.1) is 25.6 Å². The van der Waals surface area contributed by atoms with Crippen LogP contribution in [-0.4, -0.2) is 14.2 Å². The van der Waals surface area contributed by atoms with Crippen LogP contribution in [0.5, 0.6) is 11.5 Å². The zero-order valence-electron chi connectivity index (χ0n) is 85.1. The molecule has 0 bridgehead atoms. The average molecular weight is 1950 g/mol. The molecule has 0 fully saturated rings. The van der Waals surface area contributed by atoms with Crippen molar-refractivity contribution in [3.8, 4) is 101 Å². The maximum atomic E-state index is 6.55. The van der Waals surface area contributed by atoms with Gasteiger partial charge in [0.25, 0.3) is 0 Å². The van der Waals surface area contributed by atoms with Gasteiger partial charge in [-0.3, -0.25) is 0 Å². The molecule has 736 valence electrons. The largest absolute Gasteiger partial charge is 0.495 e. The van der Waals surface area contributed by atoms with Gasteiger partial charge in [-0.2, -0.15) is 0 Å². The SMILES string of the molecule is CC(c1ccc(-c2ccccc2)cc1)(c1ccc(N)c(-c2ccccc2)c1)c1ccc(N)c(-c2ccccc2)c1.CC(c1ccc(-c2ccccc2)cc1)(c1ccc(N)c(-c2ccccc2N)c1)c1ccc(N)c(-c2ccccc2N)c1.CC(c1ccc(-c2ccccc2)cc1)(c1ccc2cc(N)ccc2c1)c1ccc2cc(N)ccc2c1.COc1cc(C(C)(c2ccc(-c3ccccc3)cc2)c2ccc(N)c(OC)c2)ccc1N. The molecule has 150 heavy (non-hydrogen) atoms. The van der Waals surface area contributed by atoms with Gasteiger partial charge in [0.1, 0.15) is 11.5 Å². The van der Waals surface area contributed by atoms with Crippen LogP contribution in [0.25, 0.3) is 111 Å². The van der Waals surface area contributed by atoms with Crippen LogP contribution in [0.3, 0.4) is 0 Å². The van der Waals surface area contributed by atoms with E-state index in [1.807, 2.05) is 164 Å². The lowest BCUT2D eigenvalue weighted by molar-refractivity contribution is 0.414. The Kier molecular flexibility index (Phi) is 28.9. The summed E-state index contributed by atoms with van der Waals surface area (Å²) in [6.07, 6.45) is 0. The predicted molar refractivity (Wildman–Crippen MR) is 635 cm³/mol. The molecule has 0 saturated heterocycles. The number of benzene rings is 22. The van der Waals surface area contributed by atoms with Crippen molar-refractivity contribution >= 4 is 78.4 Å². The molecule has 12 nitrogen and oxygen atoms in total. The molecule has 22 aromatic rings. The number of nitrogen functional groups attached to an aromatic ring is 10. The normalized spacial score (nSPS) is 11.4.